The highest BCUT2D eigenvalue weighted by Crippen LogP contribution is 2.66. The van der Waals surface area contributed by atoms with Gasteiger partial charge in [-0.3, -0.25) is 9.69 Å². The zero-order chi connectivity index (χ0) is 26.4. The molecule has 2 heterocycles. The van der Waals surface area contributed by atoms with Crippen molar-refractivity contribution in [2.75, 3.05) is 27.2 Å². The molecular formula is C30H34Cl2N2O4. The minimum absolute atomic E-state index is 0.000465. The standard InChI is InChI=1S/C30H34Cl2N2O4/c1-33(25(35)14-18-5-7-20(31)21(32)13-18)22-9-10-30(36)24-15-19-6-8-23(37-2)27-26(19)29(30,28(22)38-27)11-12-34(24)16-17-3-4-17/h5-8,13,17,22,24,28,36H,3-4,9-12,14-16H2,1-2H3/t22?,24-,28?,29+,30?/m1/s1. The van der Waals surface area contributed by atoms with Crippen LogP contribution in [0, 0.1) is 5.92 Å². The zero-order valence-electron chi connectivity index (χ0n) is 21.9. The van der Waals surface area contributed by atoms with Gasteiger partial charge in [-0.05, 0) is 80.3 Å². The van der Waals surface area contributed by atoms with E-state index in [4.69, 9.17) is 32.7 Å². The number of piperidine rings is 1. The van der Waals surface area contributed by atoms with Gasteiger partial charge in [0.15, 0.2) is 11.5 Å². The van der Waals surface area contributed by atoms with Crippen LogP contribution in [0.1, 0.15) is 48.8 Å². The Balaban J connectivity index is 1.26. The fourth-order valence-electron chi connectivity index (χ4n) is 8.14. The molecule has 1 spiro atoms. The first-order chi connectivity index (χ1) is 18.3. The summed E-state index contributed by atoms with van der Waals surface area (Å²) in [5, 5.41) is 13.6. The lowest BCUT2D eigenvalue weighted by Crippen LogP contribution is -2.78. The molecule has 2 saturated carbocycles. The Morgan fingerprint density at radius 3 is 2.74 bits per heavy atom. The summed E-state index contributed by atoms with van der Waals surface area (Å²) in [5.74, 6) is 2.23. The van der Waals surface area contributed by atoms with Crippen LogP contribution in [0.25, 0.3) is 0 Å². The molecule has 5 atom stereocenters. The second-order valence-electron chi connectivity index (χ2n) is 12.0. The maximum absolute atomic E-state index is 13.6. The van der Waals surface area contributed by atoms with Gasteiger partial charge in [0, 0.05) is 25.2 Å². The van der Waals surface area contributed by atoms with Crippen LogP contribution >= 0.6 is 23.2 Å². The van der Waals surface area contributed by atoms with Crippen molar-refractivity contribution in [2.45, 2.75) is 74.1 Å². The summed E-state index contributed by atoms with van der Waals surface area (Å²) in [7, 11) is 3.54. The highest BCUT2D eigenvalue weighted by molar-refractivity contribution is 6.42. The van der Waals surface area contributed by atoms with Crippen LogP contribution in [0.4, 0.5) is 0 Å². The molecule has 1 saturated heterocycles. The highest BCUT2D eigenvalue weighted by atomic mass is 35.5. The molecule has 2 aliphatic heterocycles. The van der Waals surface area contributed by atoms with Crippen molar-refractivity contribution in [1.29, 1.82) is 0 Å². The van der Waals surface area contributed by atoms with Crippen LogP contribution in [0.15, 0.2) is 30.3 Å². The number of amides is 1. The van der Waals surface area contributed by atoms with Crippen molar-refractivity contribution in [2.24, 2.45) is 5.92 Å². The fourth-order valence-corrected chi connectivity index (χ4v) is 8.46. The Labute approximate surface area is 233 Å². The summed E-state index contributed by atoms with van der Waals surface area (Å²) in [5.41, 5.74) is 1.74. The van der Waals surface area contributed by atoms with Crippen LogP contribution in [0.2, 0.25) is 10.0 Å². The molecule has 0 radical (unpaired) electrons. The first-order valence-electron chi connectivity index (χ1n) is 13.8. The second-order valence-corrected chi connectivity index (χ2v) is 12.8. The van der Waals surface area contributed by atoms with Gasteiger partial charge in [-0.15, -0.1) is 0 Å². The number of ether oxygens (including phenoxy) is 2. The van der Waals surface area contributed by atoms with E-state index in [1.54, 1.807) is 19.2 Å². The smallest absolute Gasteiger partial charge is 0.227 e. The number of aliphatic hydroxyl groups is 1. The molecule has 3 fully saturated rings. The van der Waals surface area contributed by atoms with E-state index < -0.39 is 11.0 Å². The van der Waals surface area contributed by atoms with E-state index in [-0.39, 0.29) is 30.5 Å². The summed E-state index contributed by atoms with van der Waals surface area (Å²) in [6.07, 6.45) is 5.46. The number of carbonyl (C=O) groups excluding carboxylic acids is 1. The van der Waals surface area contributed by atoms with Crippen molar-refractivity contribution in [3.63, 3.8) is 0 Å². The summed E-state index contributed by atoms with van der Waals surface area (Å²) in [6, 6.07) is 9.40. The second kappa shape index (κ2) is 8.76. The third-order valence-electron chi connectivity index (χ3n) is 10.2. The molecule has 1 amide bonds. The minimum atomic E-state index is -0.903. The Kier molecular flexibility index (Phi) is 5.76. The monoisotopic (exact) mass is 556 g/mol. The van der Waals surface area contributed by atoms with Gasteiger partial charge in [0.05, 0.1) is 40.6 Å². The van der Waals surface area contributed by atoms with Crippen LogP contribution in [-0.4, -0.2) is 71.8 Å². The molecule has 38 heavy (non-hydrogen) atoms. The van der Waals surface area contributed by atoms with Gasteiger partial charge in [0.1, 0.15) is 6.10 Å². The predicted octanol–water partition coefficient (Wildman–Crippen LogP) is 4.64. The summed E-state index contributed by atoms with van der Waals surface area (Å²) < 4.78 is 12.6. The number of carbonyl (C=O) groups is 1. The third-order valence-corrected chi connectivity index (χ3v) is 10.9. The number of hydrogen-bond donors (Lipinski definition) is 1. The van der Waals surface area contributed by atoms with Crippen molar-refractivity contribution in [1.82, 2.24) is 9.80 Å². The third kappa shape index (κ3) is 3.43. The predicted molar refractivity (Wildman–Crippen MR) is 146 cm³/mol. The average Bonchev–Trinajstić information content (AvgIpc) is 3.64. The van der Waals surface area contributed by atoms with Crippen LogP contribution in [-0.2, 0) is 23.1 Å². The fraction of sp³-hybridized carbons (Fsp3) is 0.567. The van der Waals surface area contributed by atoms with Crippen molar-refractivity contribution in [3.8, 4) is 11.5 Å². The number of benzene rings is 2. The first kappa shape index (κ1) is 25.0. The Morgan fingerprint density at radius 2 is 2.00 bits per heavy atom. The quantitative estimate of drug-likeness (QED) is 0.561. The first-order valence-corrected chi connectivity index (χ1v) is 14.6. The number of likely N-dealkylation sites (tertiary alicyclic amines) is 1. The zero-order valence-corrected chi connectivity index (χ0v) is 23.4. The number of methoxy groups -OCH3 is 1. The topological polar surface area (TPSA) is 62.2 Å². The van der Waals surface area contributed by atoms with Gasteiger partial charge in [-0.1, -0.05) is 35.3 Å². The van der Waals surface area contributed by atoms with Crippen molar-refractivity contribution in [3.05, 3.63) is 57.1 Å². The maximum Gasteiger partial charge on any atom is 0.227 e. The molecule has 8 heteroatoms. The lowest BCUT2D eigenvalue weighted by Gasteiger charge is -2.64. The van der Waals surface area contributed by atoms with Gasteiger partial charge >= 0.3 is 0 Å². The van der Waals surface area contributed by atoms with Gasteiger partial charge in [0.2, 0.25) is 5.91 Å². The Bertz CT molecular complexity index is 1320. The lowest BCUT2D eigenvalue weighted by atomic mass is 9.48. The molecule has 1 N–H and O–H groups in total. The molecule has 5 aliphatic rings. The molecule has 0 aromatic heterocycles. The van der Waals surface area contributed by atoms with Crippen LogP contribution < -0.4 is 9.47 Å². The number of halogens is 2. The van der Waals surface area contributed by atoms with Gasteiger partial charge in [-0.25, -0.2) is 0 Å². The van der Waals surface area contributed by atoms with Crippen molar-refractivity contribution >= 4 is 29.1 Å². The average molecular weight is 558 g/mol. The maximum atomic E-state index is 13.6. The van der Waals surface area contributed by atoms with E-state index in [0.29, 0.717) is 28.6 Å². The van der Waals surface area contributed by atoms with Gasteiger partial charge in [0.25, 0.3) is 0 Å². The molecule has 2 aromatic rings. The van der Waals surface area contributed by atoms with E-state index >= 15 is 0 Å². The highest BCUT2D eigenvalue weighted by Gasteiger charge is 2.73. The van der Waals surface area contributed by atoms with Crippen LogP contribution in [0.5, 0.6) is 11.5 Å². The molecule has 2 bridgehead atoms. The number of nitrogens with zero attached hydrogens (tertiary/aromatic N) is 2. The molecule has 3 unspecified atom stereocenters. The molecule has 3 aliphatic carbocycles. The largest absolute Gasteiger partial charge is 0.493 e. The van der Waals surface area contributed by atoms with E-state index in [1.807, 2.05) is 24.1 Å². The Hall–Kier alpha value is -1.99. The molecule has 6 nitrogen and oxygen atoms in total. The van der Waals surface area contributed by atoms with Gasteiger partial charge in [-0.2, -0.15) is 0 Å². The van der Waals surface area contributed by atoms with E-state index in [0.717, 1.165) is 48.7 Å². The van der Waals surface area contributed by atoms with E-state index in [9.17, 15) is 9.90 Å². The number of rotatable bonds is 6. The Morgan fingerprint density at radius 1 is 1.18 bits per heavy atom. The molecule has 7 rings (SSSR count). The summed E-state index contributed by atoms with van der Waals surface area (Å²) in [6.45, 7) is 2.01. The van der Waals surface area contributed by atoms with Crippen LogP contribution in [0.3, 0.4) is 0 Å². The minimum Gasteiger partial charge on any atom is -0.493 e. The number of likely N-dealkylation sites (N-methyl/N-ethyl adjacent to an activating group) is 1. The van der Waals surface area contributed by atoms with E-state index in [1.165, 1.54) is 18.4 Å². The van der Waals surface area contributed by atoms with Crippen molar-refractivity contribution < 1.29 is 19.4 Å². The molecule has 2 aromatic carbocycles. The SMILES string of the molecule is COc1ccc2c3c1OC1C(N(C)C(=O)Cc4ccc(Cl)c(Cl)c4)CCC4(O)[C@@H](C2)N(CC2CC2)CC[C@]314. The van der Waals surface area contributed by atoms with Gasteiger partial charge < -0.3 is 19.5 Å². The lowest BCUT2D eigenvalue weighted by molar-refractivity contribution is -0.200. The number of hydrogen-bond acceptors (Lipinski definition) is 5. The normalized spacial score (nSPS) is 32.9. The summed E-state index contributed by atoms with van der Waals surface area (Å²) in [4.78, 5) is 18.0. The summed E-state index contributed by atoms with van der Waals surface area (Å²) >= 11 is 12.3. The van der Waals surface area contributed by atoms with E-state index in [2.05, 4.69) is 11.0 Å². The molecular weight excluding hydrogens is 523 g/mol. The molecule has 202 valence electrons.